The minimum atomic E-state index is 0.508. The van der Waals surface area contributed by atoms with E-state index in [4.69, 9.17) is 5.73 Å². The molecule has 2 heteroatoms. The van der Waals surface area contributed by atoms with Gasteiger partial charge in [0.2, 0.25) is 0 Å². The average Bonchev–Trinajstić information content (AvgIpc) is 1.80. The van der Waals surface area contributed by atoms with Gasteiger partial charge < -0.3 is 5.73 Å². The van der Waals surface area contributed by atoms with Crippen molar-refractivity contribution in [2.75, 3.05) is 6.54 Å². The second-order valence-electron chi connectivity index (χ2n) is 3.01. The summed E-state index contributed by atoms with van der Waals surface area (Å²) in [5, 5.41) is 0. The van der Waals surface area contributed by atoms with Gasteiger partial charge in [0.15, 0.2) is 0 Å². The predicted molar refractivity (Wildman–Crippen MR) is 39.4 cm³/mol. The Morgan fingerprint density at radius 2 is 2.22 bits per heavy atom. The smallest absolute Gasteiger partial charge is 0.0965 e. The lowest BCUT2D eigenvalue weighted by atomic mass is 9.94. The summed E-state index contributed by atoms with van der Waals surface area (Å²) in [6.07, 6.45) is 1.20. The van der Waals surface area contributed by atoms with Crippen LogP contribution in [0.25, 0.3) is 0 Å². The van der Waals surface area contributed by atoms with Gasteiger partial charge in [-0.25, -0.2) is 0 Å². The molecule has 1 aliphatic rings. The number of aliphatic imine (C=N–C) groups is 1. The Kier molecular flexibility index (Phi) is 1.74. The van der Waals surface area contributed by atoms with Gasteiger partial charge in [0.05, 0.1) is 5.84 Å². The molecule has 0 fully saturated rings. The molecule has 0 amide bonds. The highest BCUT2D eigenvalue weighted by atomic mass is 14.9. The molecule has 52 valence electrons. The lowest BCUT2D eigenvalue weighted by Crippen LogP contribution is -2.28. The summed E-state index contributed by atoms with van der Waals surface area (Å²) in [6, 6.07) is 0. The molecule has 0 aliphatic carbocycles. The van der Waals surface area contributed by atoms with Gasteiger partial charge in [-0.1, -0.05) is 13.8 Å². The molecule has 0 saturated carbocycles. The van der Waals surface area contributed by atoms with Crippen molar-refractivity contribution in [3.05, 3.63) is 0 Å². The molecule has 0 aromatic rings. The Morgan fingerprint density at radius 1 is 1.56 bits per heavy atom. The van der Waals surface area contributed by atoms with E-state index in [2.05, 4.69) is 18.8 Å². The van der Waals surface area contributed by atoms with Gasteiger partial charge in [-0.3, -0.25) is 4.99 Å². The summed E-state index contributed by atoms with van der Waals surface area (Å²) < 4.78 is 0. The molecule has 2 N–H and O–H groups in total. The number of amidine groups is 1. The number of nitrogens with two attached hydrogens (primary N) is 1. The van der Waals surface area contributed by atoms with Crippen LogP contribution >= 0.6 is 0 Å². The molecular weight excluding hydrogens is 112 g/mol. The fourth-order valence-electron chi connectivity index (χ4n) is 1.22. The lowest BCUT2D eigenvalue weighted by molar-refractivity contribution is 0.465. The molecule has 1 rings (SSSR count). The first kappa shape index (κ1) is 6.59. The largest absolute Gasteiger partial charge is 0.387 e. The van der Waals surface area contributed by atoms with Gasteiger partial charge in [-0.2, -0.15) is 0 Å². The summed E-state index contributed by atoms with van der Waals surface area (Å²) in [4.78, 5) is 4.19. The Labute approximate surface area is 56.2 Å². The highest BCUT2D eigenvalue weighted by molar-refractivity contribution is 5.82. The van der Waals surface area contributed by atoms with Crippen molar-refractivity contribution < 1.29 is 0 Å². The van der Waals surface area contributed by atoms with Gasteiger partial charge in [0.25, 0.3) is 0 Å². The second-order valence-corrected chi connectivity index (χ2v) is 3.01. The van der Waals surface area contributed by atoms with E-state index in [1.165, 1.54) is 6.42 Å². The summed E-state index contributed by atoms with van der Waals surface area (Å²) >= 11 is 0. The van der Waals surface area contributed by atoms with Crippen molar-refractivity contribution in [3.8, 4) is 0 Å². The monoisotopic (exact) mass is 126 g/mol. The third-order valence-electron chi connectivity index (χ3n) is 1.85. The average molecular weight is 126 g/mol. The van der Waals surface area contributed by atoms with E-state index >= 15 is 0 Å². The van der Waals surface area contributed by atoms with E-state index in [0.717, 1.165) is 18.3 Å². The Bertz CT molecular complexity index is 129. The standard InChI is InChI=1S/C7H14N2/c1-5-3-6(2)7(8)9-4-5/h5-6H,3-4H2,1-2H3,(H2,8,9)/t5-,6+/m1/s1. The first-order chi connectivity index (χ1) is 4.20. The van der Waals surface area contributed by atoms with Crippen LogP contribution in [0.3, 0.4) is 0 Å². The van der Waals surface area contributed by atoms with Gasteiger partial charge in [-0.05, 0) is 12.3 Å². The molecule has 0 bridgehead atoms. The second kappa shape index (κ2) is 2.38. The predicted octanol–water partition coefficient (Wildman–Crippen LogP) is 1.02. The van der Waals surface area contributed by atoms with E-state index < -0.39 is 0 Å². The lowest BCUT2D eigenvalue weighted by Gasteiger charge is -2.20. The van der Waals surface area contributed by atoms with Crippen LogP contribution in [0.15, 0.2) is 4.99 Å². The van der Waals surface area contributed by atoms with Crippen molar-refractivity contribution in [3.63, 3.8) is 0 Å². The first-order valence-electron chi connectivity index (χ1n) is 3.50. The third kappa shape index (κ3) is 1.44. The van der Waals surface area contributed by atoms with Gasteiger partial charge in [0, 0.05) is 12.5 Å². The molecule has 9 heavy (non-hydrogen) atoms. The van der Waals surface area contributed by atoms with Crippen LogP contribution in [0.5, 0.6) is 0 Å². The number of hydrogen-bond donors (Lipinski definition) is 1. The topological polar surface area (TPSA) is 38.4 Å². The van der Waals surface area contributed by atoms with E-state index in [0.29, 0.717) is 5.92 Å². The quantitative estimate of drug-likeness (QED) is 0.517. The Hall–Kier alpha value is -0.530. The molecule has 0 radical (unpaired) electrons. The normalized spacial score (nSPS) is 36.0. The zero-order valence-corrected chi connectivity index (χ0v) is 6.09. The number of rotatable bonds is 0. The van der Waals surface area contributed by atoms with Crippen LogP contribution in [0.4, 0.5) is 0 Å². The van der Waals surface area contributed by atoms with Crippen molar-refractivity contribution in [1.82, 2.24) is 0 Å². The van der Waals surface area contributed by atoms with Crippen LogP contribution in [0.1, 0.15) is 20.3 Å². The minimum absolute atomic E-state index is 0.508. The maximum absolute atomic E-state index is 5.59. The van der Waals surface area contributed by atoms with Crippen LogP contribution in [0.2, 0.25) is 0 Å². The molecule has 0 saturated heterocycles. The molecule has 1 aliphatic heterocycles. The van der Waals surface area contributed by atoms with Crippen LogP contribution < -0.4 is 5.73 Å². The van der Waals surface area contributed by atoms with Crippen molar-refractivity contribution in [2.45, 2.75) is 20.3 Å². The highest BCUT2D eigenvalue weighted by Gasteiger charge is 2.16. The van der Waals surface area contributed by atoms with Crippen molar-refractivity contribution in [1.29, 1.82) is 0 Å². The van der Waals surface area contributed by atoms with E-state index in [1.54, 1.807) is 0 Å². The SMILES string of the molecule is C[C@H]1CN=C(N)[C@@H](C)C1. The van der Waals surface area contributed by atoms with Gasteiger partial charge >= 0.3 is 0 Å². The number of nitrogens with zero attached hydrogens (tertiary/aromatic N) is 1. The Balaban J connectivity index is 2.56. The minimum Gasteiger partial charge on any atom is -0.387 e. The summed E-state index contributed by atoms with van der Waals surface area (Å²) in [5.41, 5.74) is 5.59. The van der Waals surface area contributed by atoms with E-state index in [1.807, 2.05) is 0 Å². The Morgan fingerprint density at radius 3 is 2.67 bits per heavy atom. The molecule has 2 nitrogen and oxygen atoms in total. The van der Waals surface area contributed by atoms with Gasteiger partial charge in [-0.15, -0.1) is 0 Å². The van der Waals surface area contributed by atoms with Crippen molar-refractivity contribution >= 4 is 5.84 Å². The van der Waals surface area contributed by atoms with E-state index in [9.17, 15) is 0 Å². The maximum Gasteiger partial charge on any atom is 0.0965 e. The molecule has 1 heterocycles. The molecule has 0 unspecified atom stereocenters. The maximum atomic E-state index is 5.59. The highest BCUT2D eigenvalue weighted by Crippen LogP contribution is 2.16. The zero-order valence-electron chi connectivity index (χ0n) is 6.09. The van der Waals surface area contributed by atoms with Crippen LogP contribution in [-0.2, 0) is 0 Å². The third-order valence-corrected chi connectivity index (χ3v) is 1.85. The molecular formula is C7H14N2. The number of hydrogen-bond acceptors (Lipinski definition) is 2. The summed E-state index contributed by atoms with van der Waals surface area (Å²) in [5.74, 6) is 2.08. The molecule has 2 atom stereocenters. The summed E-state index contributed by atoms with van der Waals surface area (Å²) in [6.45, 7) is 5.27. The molecule has 0 aromatic heterocycles. The fraction of sp³-hybridized carbons (Fsp3) is 0.857. The first-order valence-corrected chi connectivity index (χ1v) is 3.50. The molecule has 0 spiro atoms. The van der Waals surface area contributed by atoms with E-state index in [-0.39, 0.29) is 0 Å². The van der Waals surface area contributed by atoms with Crippen LogP contribution in [-0.4, -0.2) is 12.4 Å². The summed E-state index contributed by atoms with van der Waals surface area (Å²) in [7, 11) is 0. The van der Waals surface area contributed by atoms with Crippen LogP contribution in [0, 0.1) is 11.8 Å². The zero-order chi connectivity index (χ0) is 6.85. The van der Waals surface area contributed by atoms with Gasteiger partial charge in [0.1, 0.15) is 0 Å². The molecule has 0 aromatic carbocycles. The fourth-order valence-corrected chi connectivity index (χ4v) is 1.22. The van der Waals surface area contributed by atoms with Crippen molar-refractivity contribution in [2.24, 2.45) is 22.6 Å².